The number of fused-ring (bicyclic) bond motifs is 2. The Morgan fingerprint density at radius 1 is 1.13 bits per heavy atom. The molecule has 2 bridgehead atoms. The van der Waals surface area contributed by atoms with Gasteiger partial charge in [-0.25, -0.2) is 0 Å². The highest BCUT2D eigenvalue weighted by atomic mass is 16.5. The molecule has 2 nitrogen and oxygen atoms in total. The van der Waals surface area contributed by atoms with E-state index in [-0.39, 0.29) is 11.9 Å². The van der Waals surface area contributed by atoms with Crippen LogP contribution in [0.1, 0.15) is 33.1 Å². The van der Waals surface area contributed by atoms with Crippen LogP contribution in [0.4, 0.5) is 0 Å². The first-order chi connectivity index (χ1) is 7.18. The lowest BCUT2D eigenvalue weighted by Gasteiger charge is -2.33. The van der Waals surface area contributed by atoms with Crippen molar-refractivity contribution in [1.82, 2.24) is 0 Å². The van der Waals surface area contributed by atoms with E-state index in [1.54, 1.807) is 0 Å². The summed E-state index contributed by atoms with van der Waals surface area (Å²) in [6.45, 7) is 5.43. The molecule has 15 heavy (non-hydrogen) atoms. The van der Waals surface area contributed by atoms with Gasteiger partial charge in [-0.15, -0.1) is 0 Å². The molecule has 3 aliphatic rings. The van der Waals surface area contributed by atoms with E-state index in [1.165, 1.54) is 12.8 Å². The highest BCUT2D eigenvalue weighted by molar-refractivity contribution is 5.74. The van der Waals surface area contributed by atoms with Crippen molar-refractivity contribution in [2.24, 2.45) is 35.5 Å². The number of rotatable bonds is 1. The smallest absolute Gasteiger partial charge is 0.309 e. The Balaban J connectivity index is 1.78. The van der Waals surface area contributed by atoms with Gasteiger partial charge in [-0.05, 0) is 48.9 Å². The molecule has 3 fully saturated rings. The van der Waals surface area contributed by atoms with Crippen LogP contribution in [0.2, 0.25) is 0 Å². The summed E-state index contributed by atoms with van der Waals surface area (Å²) in [6, 6.07) is 0. The summed E-state index contributed by atoms with van der Waals surface area (Å²) < 4.78 is 5.11. The number of carbonyl (C=O) groups is 1. The van der Waals surface area contributed by atoms with E-state index in [4.69, 9.17) is 4.74 Å². The molecule has 0 radical (unpaired) electrons. The van der Waals surface area contributed by atoms with Crippen LogP contribution < -0.4 is 0 Å². The van der Waals surface area contributed by atoms with Crippen LogP contribution in [0.25, 0.3) is 0 Å². The zero-order valence-electron chi connectivity index (χ0n) is 9.61. The van der Waals surface area contributed by atoms with E-state index in [2.05, 4.69) is 13.8 Å². The van der Waals surface area contributed by atoms with Gasteiger partial charge in [0.2, 0.25) is 0 Å². The maximum atomic E-state index is 11.6. The summed E-state index contributed by atoms with van der Waals surface area (Å²) in [5, 5.41) is 0. The molecule has 0 aromatic carbocycles. The van der Waals surface area contributed by atoms with Crippen LogP contribution in [0.15, 0.2) is 0 Å². The molecule has 1 heterocycles. The third-order valence-corrected chi connectivity index (χ3v) is 5.44. The van der Waals surface area contributed by atoms with Crippen LogP contribution in [0, 0.1) is 35.5 Å². The minimum Gasteiger partial charge on any atom is -0.465 e. The Hall–Kier alpha value is -0.530. The second kappa shape index (κ2) is 3.23. The number of ether oxygens (including phenoxy) is 1. The lowest BCUT2D eigenvalue weighted by Crippen LogP contribution is -2.31. The fourth-order valence-electron chi connectivity index (χ4n) is 4.36. The van der Waals surface area contributed by atoms with Crippen molar-refractivity contribution in [3.63, 3.8) is 0 Å². The summed E-state index contributed by atoms with van der Waals surface area (Å²) >= 11 is 0. The third-order valence-electron chi connectivity index (χ3n) is 5.44. The number of esters is 1. The number of carbonyl (C=O) groups excluding carboxylic acids is 1. The Bertz CT molecular complexity index is 284. The van der Waals surface area contributed by atoms with Gasteiger partial charge in [-0.1, -0.05) is 13.8 Å². The summed E-state index contributed by atoms with van der Waals surface area (Å²) in [4.78, 5) is 11.6. The van der Waals surface area contributed by atoms with Crippen molar-refractivity contribution in [3.8, 4) is 0 Å². The van der Waals surface area contributed by atoms with Crippen molar-refractivity contribution in [2.75, 3.05) is 6.61 Å². The van der Waals surface area contributed by atoms with Gasteiger partial charge in [0.15, 0.2) is 0 Å². The fraction of sp³-hybridized carbons (Fsp3) is 0.923. The zero-order chi connectivity index (χ0) is 10.6. The van der Waals surface area contributed by atoms with Crippen molar-refractivity contribution >= 4 is 5.97 Å². The molecule has 0 aromatic rings. The van der Waals surface area contributed by atoms with Gasteiger partial charge in [0.25, 0.3) is 0 Å². The molecule has 0 spiro atoms. The molecule has 0 N–H and O–H groups in total. The Labute approximate surface area is 91.4 Å². The van der Waals surface area contributed by atoms with Gasteiger partial charge in [-0.3, -0.25) is 4.79 Å². The molecule has 2 aliphatic carbocycles. The minimum absolute atomic E-state index is 0.0902. The van der Waals surface area contributed by atoms with Crippen LogP contribution in [0.5, 0.6) is 0 Å². The first-order valence-electron chi connectivity index (χ1n) is 6.35. The average molecular weight is 208 g/mol. The second-order valence-electron chi connectivity index (χ2n) is 5.84. The predicted molar refractivity (Wildman–Crippen MR) is 57.1 cm³/mol. The predicted octanol–water partition coefficient (Wildman–Crippen LogP) is 2.48. The molecule has 2 heteroatoms. The lowest BCUT2D eigenvalue weighted by molar-refractivity contribution is -0.143. The standard InChI is InChI=1S/C13H20O2/c1-7-8(2)11-5-9(7)6-12(11)10-3-4-15-13(10)14/h7-12H,3-6H2,1-2H3. The van der Waals surface area contributed by atoms with E-state index < -0.39 is 0 Å². The van der Waals surface area contributed by atoms with Crippen molar-refractivity contribution in [1.29, 1.82) is 0 Å². The summed E-state index contributed by atoms with van der Waals surface area (Å²) in [5.41, 5.74) is 0. The Morgan fingerprint density at radius 2 is 1.87 bits per heavy atom. The molecule has 6 atom stereocenters. The zero-order valence-corrected chi connectivity index (χ0v) is 9.61. The van der Waals surface area contributed by atoms with Crippen LogP contribution in [0.3, 0.4) is 0 Å². The fourth-order valence-corrected chi connectivity index (χ4v) is 4.36. The van der Waals surface area contributed by atoms with E-state index in [1.807, 2.05) is 0 Å². The molecule has 0 aromatic heterocycles. The lowest BCUT2D eigenvalue weighted by atomic mass is 9.70. The highest BCUT2D eigenvalue weighted by Gasteiger charge is 2.53. The SMILES string of the molecule is CC1C2CC(C3CCOC3=O)C(C2)C1C. The molecule has 0 amide bonds. The van der Waals surface area contributed by atoms with Gasteiger partial charge in [0, 0.05) is 0 Å². The molecular formula is C13H20O2. The van der Waals surface area contributed by atoms with Gasteiger partial charge in [-0.2, -0.15) is 0 Å². The Morgan fingerprint density at radius 3 is 2.40 bits per heavy atom. The molecular weight excluding hydrogens is 188 g/mol. The van der Waals surface area contributed by atoms with E-state index in [0.29, 0.717) is 12.5 Å². The van der Waals surface area contributed by atoms with Crippen molar-refractivity contribution in [2.45, 2.75) is 33.1 Å². The molecule has 6 unspecified atom stereocenters. The van der Waals surface area contributed by atoms with Crippen molar-refractivity contribution < 1.29 is 9.53 Å². The summed E-state index contributed by atoms with van der Waals surface area (Å²) in [7, 11) is 0. The largest absolute Gasteiger partial charge is 0.465 e. The topological polar surface area (TPSA) is 26.3 Å². The summed E-state index contributed by atoms with van der Waals surface area (Å²) in [5.74, 6) is 4.38. The maximum absolute atomic E-state index is 11.6. The summed E-state index contributed by atoms with van der Waals surface area (Å²) in [6.07, 6.45) is 3.64. The van der Waals surface area contributed by atoms with Gasteiger partial charge < -0.3 is 4.74 Å². The van der Waals surface area contributed by atoms with Crippen LogP contribution in [-0.4, -0.2) is 12.6 Å². The van der Waals surface area contributed by atoms with Crippen molar-refractivity contribution in [3.05, 3.63) is 0 Å². The molecule has 1 saturated heterocycles. The van der Waals surface area contributed by atoms with Crippen LogP contribution >= 0.6 is 0 Å². The monoisotopic (exact) mass is 208 g/mol. The van der Waals surface area contributed by atoms with E-state index in [9.17, 15) is 4.79 Å². The first-order valence-corrected chi connectivity index (χ1v) is 6.35. The number of cyclic esters (lactones) is 1. The molecule has 2 saturated carbocycles. The molecule has 84 valence electrons. The number of hydrogen-bond acceptors (Lipinski definition) is 2. The Kier molecular flexibility index (Phi) is 2.08. The van der Waals surface area contributed by atoms with Gasteiger partial charge >= 0.3 is 5.97 Å². The molecule has 3 rings (SSSR count). The van der Waals surface area contributed by atoms with Gasteiger partial charge in [0.1, 0.15) is 0 Å². The van der Waals surface area contributed by atoms with Gasteiger partial charge in [0.05, 0.1) is 12.5 Å². The highest BCUT2D eigenvalue weighted by Crippen LogP contribution is 2.57. The normalized spacial score (nSPS) is 53.6. The minimum atomic E-state index is 0.0902. The van der Waals surface area contributed by atoms with Crippen LogP contribution in [-0.2, 0) is 9.53 Å². The molecule has 1 aliphatic heterocycles. The maximum Gasteiger partial charge on any atom is 0.309 e. The second-order valence-corrected chi connectivity index (χ2v) is 5.84. The quantitative estimate of drug-likeness (QED) is 0.619. The van der Waals surface area contributed by atoms with E-state index >= 15 is 0 Å². The number of hydrogen-bond donors (Lipinski definition) is 0. The third kappa shape index (κ3) is 1.26. The first kappa shape index (κ1) is 9.68. The average Bonchev–Trinajstić information content (AvgIpc) is 2.85. The van der Waals surface area contributed by atoms with E-state index in [0.717, 1.165) is 30.1 Å².